The first kappa shape index (κ1) is 21.5. The van der Waals surface area contributed by atoms with Crippen molar-refractivity contribution in [2.45, 2.75) is 31.8 Å². The van der Waals surface area contributed by atoms with Crippen LogP contribution in [0, 0.1) is 6.92 Å². The number of hydrogen-bond acceptors (Lipinski definition) is 7. The van der Waals surface area contributed by atoms with E-state index >= 15 is 0 Å². The van der Waals surface area contributed by atoms with Gasteiger partial charge in [-0.2, -0.15) is 4.57 Å². The van der Waals surface area contributed by atoms with Gasteiger partial charge in [-0.05, 0) is 32.0 Å². The van der Waals surface area contributed by atoms with Crippen molar-refractivity contribution >= 4 is 62.8 Å². The molecule has 0 fully saturated rings. The van der Waals surface area contributed by atoms with E-state index in [9.17, 15) is 4.79 Å². The molecule has 1 aromatic carbocycles. The second-order valence-corrected chi connectivity index (χ2v) is 10.8. The van der Waals surface area contributed by atoms with Gasteiger partial charge in [-0.1, -0.05) is 39.9 Å². The highest BCUT2D eigenvalue weighted by Gasteiger charge is 2.25. The zero-order valence-corrected chi connectivity index (χ0v) is 20.9. The zero-order chi connectivity index (χ0) is 22.4. The number of rotatable bonds is 4. The number of thiazole rings is 2. The molecule has 6 nitrogen and oxygen atoms in total. The molecule has 0 aliphatic carbocycles. The van der Waals surface area contributed by atoms with Gasteiger partial charge in [-0.15, -0.1) is 11.3 Å². The average Bonchev–Trinajstić information content (AvgIpc) is 3.52. The molecule has 10 heteroatoms. The summed E-state index contributed by atoms with van der Waals surface area (Å²) in [6.07, 6.45) is 4.11. The Morgan fingerprint density at radius 2 is 2.16 bits per heavy atom. The molecule has 3 aromatic heterocycles. The van der Waals surface area contributed by atoms with Crippen LogP contribution in [0.1, 0.15) is 23.4 Å². The Kier molecular flexibility index (Phi) is 5.75. The van der Waals surface area contributed by atoms with Crippen molar-refractivity contribution in [3.8, 4) is 0 Å². The zero-order valence-electron chi connectivity index (χ0n) is 17.7. The van der Waals surface area contributed by atoms with E-state index in [1.165, 1.54) is 11.3 Å². The summed E-state index contributed by atoms with van der Waals surface area (Å²) >= 11 is 11.0. The molecule has 32 heavy (non-hydrogen) atoms. The molecule has 4 aromatic rings. The minimum Gasteiger partial charge on any atom is -0.361 e. The van der Waals surface area contributed by atoms with E-state index in [4.69, 9.17) is 16.1 Å². The molecular formula is C22H20ClN4O2S3+. The topological polar surface area (TPSA) is 55.2 Å². The predicted molar refractivity (Wildman–Crippen MR) is 131 cm³/mol. The molecule has 164 valence electrons. The van der Waals surface area contributed by atoms with E-state index < -0.39 is 0 Å². The number of nitrogens with zero attached hydrogens (tertiary/aromatic N) is 4. The molecule has 0 unspecified atom stereocenters. The van der Waals surface area contributed by atoms with Crippen molar-refractivity contribution in [1.29, 1.82) is 0 Å². The standard InChI is InChI=1S/C22H20ClN4O2S3/c1-4-27-19(11-18-26(7-8-30-18)12-15-9-13(2)29-24-15)32-20(21(27)28)22-25(3)16-10-14(23)5-6-17(16)31-22/h5-11H,4,12H2,1-3H3/q+1/b22-20+. The van der Waals surface area contributed by atoms with Crippen molar-refractivity contribution in [3.63, 3.8) is 0 Å². The lowest BCUT2D eigenvalue weighted by molar-refractivity contribution is -0.685. The third kappa shape index (κ3) is 3.83. The average molecular weight is 504 g/mol. The highest BCUT2D eigenvalue weighted by molar-refractivity contribution is 8.08. The largest absolute Gasteiger partial charge is 0.361 e. The summed E-state index contributed by atoms with van der Waals surface area (Å²) in [5, 5.41) is 8.82. The lowest BCUT2D eigenvalue weighted by Gasteiger charge is -2.12. The maximum Gasteiger partial charge on any atom is 0.271 e. The van der Waals surface area contributed by atoms with E-state index in [0.717, 1.165) is 41.3 Å². The number of benzene rings is 1. The fraction of sp³-hybridized carbons (Fsp3) is 0.227. The number of fused-ring (bicyclic) bond motifs is 1. The Bertz CT molecular complexity index is 1500. The number of aryl methyl sites for hydroxylation is 1. The van der Waals surface area contributed by atoms with Crippen LogP contribution in [0.3, 0.4) is 0 Å². The summed E-state index contributed by atoms with van der Waals surface area (Å²) in [5.74, 6) is 0.793. The lowest BCUT2D eigenvalue weighted by atomic mass is 10.3. The van der Waals surface area contributed by atoms with Gasteiger partial charge in [0.1, 0.15) is 25.7 Å². The van der Waals surface area contributed by atoms with Gasteiger partial charge in [0.25, 0.3) is 10.6 Å². The summed E-state index contributed by atoms with van der Waals surface area (Å²) in [7, 11) is 1.98. The first-order valence-corrected chi connectivity index (χ1v) is 12.9. The Morgan fingerprint density at radius 3 is 2.91 bits per heavy atom. The van der Waals surface area contributed by atoms with Gasteiger partial charge >= 0.3 is 0 Å². The van der Waals surface area contributed by atoms with Crippen molar-refractivity contribution in [2.24, 2.45) is 0 Å². The smallest absolute Gasteiger partial charge is 0.271 e. The van der Waals surface area contributed by atoms with Crippen molar-refractivity contribution < 1.29 is 9.09 Å². The van der Waals surface area contributed by atoms with Gasteiger partial charge in [-0.25, -0.2) is 0 Å². The molecule has 0 N–H and O–H groups in total. The number of anilines is 1. The number of hydrogen-bond donors (Lipinski definition) is 0. The molecule has 0 atom stereocenters. The molecule has 1 aliphatic heterocycles. The van der Waals surface area contributed by atoms with E-state index in [1.54, 1.807) is 23.1 Å². The second kappa shape index (κ2) is 8.55. The van der Waals surface area contributed by atoms with Gasteiger partial charge in [0.15, 0.2) is 12.7 Å². The van der Waals surface area contributed by atoms with E-state index in [-0.39, 0.29) is 5.56 Å². The lowest BCUT2D eigenvalue weighted by Crippen LogP contribution is -2.36. The summed E-state index contributed by atoms with van der Waals surface area (Å²) in [6, 6.07) is 7.77. The van der Waals surface area contributed by atoms with Crippen LogP contribution < -0.4 is 24.2 Å². The molecule has 5 rings (SSSR count). The molecule has 4 heterocycles. The second-order valence-electron chi connectivity index (χ2n) is 7.34. The highest BCUT2D eigenvalue weighted by atomic mass is 35.5. The first-order chi connectivity index (χ1) is 15.4. The Balaban J connectivity index is 1.61. The minimum absolute atomic E-state index is 0.0345. The summed E-state index contributed by atoms with van der Waals surface area (Å²) < 4.78 is 10.8. The van der Waals surface area contributed by atoms with Crippen LogP contribution in [-0.4, -0.2) is 16.8 Å². The van der Waals surface area contributed by atoms with E-state index in [1.807, 2.05) is 61.3 Å². The van der Waals surface area contributed by atoms with Crippen LogP contribution in [0.25, 0.3) is 11.1 Å². The van der Waals surface area contributed by atoms with E-state index in [0.29, 0.717) is 18.1 Å². The van der Waals surface area contributed by atoms with Crippen LogP contribution in [0.2, 0.25) is 5.02 Å². The molecule has 1 aliphatic rings. The highest BCUT2D eigenvalue weighted by Crippen LogP contribution is 2.46. The molecule has 0 amide bonds. The van der Waals surface area contributed by atoms with Crippen molar-refractivity contribution in [1.82, 2.24) is 9.72 Å². The van der Waals surface area contributed by atoms with Crippen LogP contribution in [0.5, 0.6) is 0 Å². The SMILES string of the molecule is CCn1c(=O)/c(=C2\Sc3ccc(Cl)cc3N2C)s/c1=C\c1scc[n+]1Cc1cc(C)on1. The quantitative estimate of drug-likeness (QED) is 0.399. The van der Waals surface area contributed by atoms with Gasteiger partial charge in [-0.3, -0.25) is 9.36 Å². The molecule has 0 saturated carbocycles. The molecule has 0 bridgehead atoms. The van der Waals surface area contributed by atoms with Crippen molar-refractivity contribution in [3.05, 3.63) is 76.9 Å². The maximum atomic E-state index is 13.3. The van der Waals surface area contributed by atoms with Gasteiger partial charge in [0.2, 0.25) is 0 Å². The van der Waals surface area contributed by atoms with Crippen molar-refractivity contribution in [2.75, 3.05) is 11.9 Å². The van der Waals surface area contributed by atoms with Crippen LogP contribution >= 0.6 is 46.0 Å². The number of halogens is 1. The predicted octanol–water partition coefficient (Wildman–Crippen LogP) is 3.41. The summed E-state index contributed by atoms with van der Waals surface area (Å²) in [4.78, 5) is 16.5. The van der Waals surface area contributed by atoms with Crippen LogP contribution in [-0.2, 0) is 13.1 Å². The fourth-order valence-electron chi connectivity index (χ4n) is 3.62. The minimum atomic E-state index is 0.0345. The Hall–Kier alpha value is -2.33. The number of aromatic nitrogens is 3. The third-order valence-electron chi connectivity index (χ3n) is 5.18. The maximum absolute atomic E-state index is 13.3. The Morgan fingerprint density at radius 1 is 1.31 bits per heavy atom. The first-order valence-electron chi connectivity index (χ1n) is 10.0. The fourth-order valence-corrected chi connectivity index (χ4v) is 7.08. The van der Waals surface area contributed by atoms with E-state index in [2.05, 4.69) is 20.7 Å². The third-order valence-corrected chi connectivity index (χ3v) is 8.76. The van der Waals surface area contributed by atoms with Crippen LogP contribution in [0.4, 0.5) is 5.69 Å². The number of thioether (sulfide) groups is 1. The monoisotopic (exact) mass is 503 g/mol. The Labute approximate surface area is 201 Å². The molecule has 0 spiro atoms. The molecular weight excluding hydrogens is 484 g/mol. The normalized spacial score (nSPS) is 15.6. The molecule has 0 saturated heterocycles. The van der Waals surface area contributed by atoms with Gasteiger partial charge in [0, 0.05) is 29.6 Å². The summed E-state index contributed by atoms with van der Waals surface area (Å²) in [6.45, 7) is 5.11. The molecule has 0 radical (unpaired) electrons. The van der Waals surface area contributed by atoms with Gasteiger partial charge in [0.05, 0.1) is 17.1 Å². The van der Waals surface area contributed by atoms with Gasteiger partial charge < -0.3 is 9.42 Å². The van der Waals surface area contributed by atoms with Crippen LogP contribution in [0.15, 0.2) is 50.1 Å². The summed E-state index contributed by atoms with van der Waals surface area (Å²) in [5.41, 5.74) is 1.93.